The quantitative estimate of drug-likeness (QED) is 0.783. The van der Waals surface area contributed by atoms with Gasteiger partial charge in [-0.1, -0.05) is 39.0 Å². The third-order valence-electron chi connectivity index (χ3n) is 3.10. The van der Waals surface area contributed by atoms with Gasteiger partial charge in [-0.05, 0) is 32.3 Å². The topological polar surface area (TPSA) is 21.3 Å². The fourth-order valence-electron chi connectivity index (χ4n) is 1.86. The van der Waals surface area contributed by atoms with Crippen molar-refractivity contribution in [3.05, 3.63) is 29.8 Å². The van der Waals surface area contributed by atoms with Crippen molar-refractivity contribution in [3.63, 3.8) is 0 Å². The summed E-state index contributed by atoms with van der Waals surface area (Å²) in [5.74, 6) is 1.56. The van der Waals surface area contributed by atoms with Crippen molar-refractivity contribution in [2.75, 3.05) is 6.61 Å². The Labute approximate surface area is 112 Å². The van der Waals surface area contributed by atoms with Crippen LogP contribution >= 0.6 is 0 Å². The second kappa shape index (κ2) is 7.42. The molecule has 0 amide bonds. The van der Waals surface area contributed by atoms with Crippen LogP contribution in [0.15, 0.2) is 24.3 Å². The average molecular weight is 249 g/mol. The SMILES string of the molecule is CCC(C)NC(C)c1ccccc1OCC(C)C. The molecule has 0 bridgehead atoms. The summed E-state index contributed by atoms with van der Waals surface area (Å²) in [6, 6.07) is 9.17. The van der Waals surface area contributed by atoms with Crippen molar-refractivity contribution in [2.45, 2.75) is 53.1 Å². The summed E-state index contributed by atoms with van der Waals surface area (Å²) in [4.78, 5) is 0. The maximum Gasteiger partial charge on any atom is 0.124 e. The molecule has 2 atom stereocenters. The number of para-hydroxylation sites is 1. The Balaban J connectivity index is 2.74. The van der Waals surface area contributed by atoms with Crippen LogP contribution in [0.1, 0.15) is 52.6 Å². The van der Waals surface area contributed by atoms with Crippen molar-refractivity contribution in [1.82, 2.24) is 5.32 Å². The van der Waals surface area contributed by atoms with Crippen LogP contribution in [-0.2, 0) is 0 Å². The fourth-order valence-corrected chi connectivity index (χ4v) is 1.86. The molecule has 0 aliphatic heterocycles. The van der Waals surface area contributed by atoms with Gasteiger partial charge in [-0.2, -0.15) is 0 Å². The molecule has 0 saturated heterocycles. The van der Waals surface area contributed by atoms with E-state index in [1.165, 1.54) is 5.56 Å². The molecule has 0 aliphatic rings. The van der Waals surface area contributed by atoms with Crippen LogP contribution in [0.4, 0.5) is 0 Å². The highest BCUT2D eigenvalue weighted by Gasteiger charge is 2.13. The summed E-state index contributed by atoms with van der Waals surface area (Å²) in [6.45, 7) is 11.7. The maximum atomic E-state index is 5.89. The molecule has 1 aromatic carbocycles. The van der Waals surface area contributed by atoms with Gasteiger partial charge in [0.05, 0.1) is 6.61 Å². The first-order valence-corrected chi connectivity index (χ1v) is 7.02. The van der Waals surface area contributed by atoms with Gasteiger partial charge in [0.1, 0.15) is 5.75 Å². The summed E-state index contributed by atoms with van der Waals surface area (Å²) in [5, 5.41) is 3.59. The van der Waals surface area contributed by atoms with Crippen molar-refractivity contribution in [3.8, 4) is 5.75 Å². The zero-order valence-electron chi connectivity index (χ0n) is 12.4. The molecule has 0 fully saturated rings. The molecule has 2 unspecified atom stereocenters. The predicted octanol–water partition coefficient (Wildman–Crippen LogP) is 4.17. The van der Waals surface area contributed by atoms with E-state index in [9.17, 15) is 0 Å². The van der Waals surface area contributed by atoms with E-state index in [1.807, 2.05) is 6.07 Å². The third-order valence-corrected chi connectivity index (χ3v) is 3.10. The highest BCUT2D eigenvalue weighted by molar-refractivity contribution is 5.35. The van der Waals surface area contributed by atoms with Gasteiger partial charge in [0, 0.05) is 17.6 Å². The van der Waals surface area contributed by atoms with Gasteiger partial charge in [0.15, 0.2) is 0 Å². The van der Waals surface area contributed by atoms with Gasteiger partial charge in [0.25, 0.3) is 0 Å². The molecule has 2 nitrogen and oxygen atoms in total. The van der Waals surface area contributed by atoms with Crippen LogP contribution in [0.2, 0.25) is 0 Å². The summed E-state index contributed by atoms with van der Waals surface area (Å²) in [7, 11) is 0. The summed E-state index contributed by atoms with van der Waals surface area (Å²) < 4.78 is 5.89. The standard InChI is InChI=1S/C16H27NO/c1-6-13(4)17-14(5)15-9-7-8-10-16(15)18-11-12(2)3/h7-10,12-14,17H,6,11H2,1-5H3. The third kappa shape index (κ3) is 4.69. The zero-order chi connectivity index (χ0) is 13.5. The normalized spacial score (nSPS) is 14.6. The average Bonchev–Trinajstić information content (AvgIpc) is 2.36. The summed E-state index contributed by atoms with van der Waals surface area (Å²) in [6.07, 6.45) is 1.14. The lowest BCUT2D eigenvalue weighted by Gasteiger charge is -2.22. The smallest absolute Gasteiger partial charge is 0.124 e. The summed E-state index contributed by atoms with van der Waals surface area (Å²) in [5.41, 5.74) is 1.25. The number of hydrogen-bond acceptors (Lipinski definition) is 2. The predicted molar refractivity (Wildman–Crippen MR) is 78.1 cm³/mol. The van der Waals surface area contributed by atoms with Crippen LogP contribution in [0.3, 0.4) is 0 Å². The molecule has 0 aromatic heterocycles. The lowest BCUT2D eigenvalue weighted by atomic mass is 10.1. The van der Waals surface area contributed by atoms with E-state index in [0.717, 1.165) is 18.8 Å². The van der Waals surface area contributed by atoms with Crippen LogP contribution in [-0.4, -0.2) is 12.6 Å². The van der Waals surface area contributed by atoms with Crippen molar-refractivity contribution in [2.24, 2.45) is 5.92 Å². The Bertz CT molecular complexity index is 349. The monoisotopic (exact) mass is 249 g/mol. The maximum absolute atomic E-state index is 5.89. The molecular weight excluding hydrogens is 222 g/mol. The fraction of sp³-hybridized carbons (Fsp3) is 0.625. The van der Waals surface area contributed by atoms with E-state index in [-0.39, 0.29) is 0 Å². The highest BCUT2D eigenvalue weighted by Crippen LogP contribution is 2.25. The number of hydrogen-bond donors (Lipinski definition) is 1. The van der Waals surface area contributed by atoms with E-state index in [0.29, 0.717) is 18.0 Å². The van der Waals surface area contributed by atoms with Crippen molar-refractivity contribution < 1.29 is 4.74 Å². The van der Waals surface area contributed by atoms with E-state index in [2.05, 4.69) is 58.1 Å². The number of rotatable bonds is 7. The molecule has 0 aliphatic carbocycles. The molecule has 102 valence electrons. The Morgan fingerprint density at radius 1 is 1.11 bits per heavy atom. The minimum Gasteiger partial charge on any atom is -0.493 e. The first-order chi connectivity index (χ1) is 8.54. The second-order valence-corrected chi connectivity index (χ2v) is 5.44. The van der Waals surface area contributed by atoms with E-state index in [4.69, 9.17) is 4.74 Å². The molecule has 0 saturated carbocycles. The largest absolute Gasteiger partial charge is 0.493 e. The number of ether oxygens (including phenoxy) is 1. The second-order valence-electron chi connectivity index (χ2n) is 5.44. The Kier molecular flexibility index (Phi) is 6.20. The molecule has 0 spiro atoms. The molecular formula is C16H27NO. The zero-order valence-corrected chi connectivity index (χ0v) is 12.4. The molecule has 0 heterocycles. The van der Waals surface area contributed by atoms with Crippen LogP contribution in [0.25, 0.3) is 0 Å². The summed E-state index contributed by atoms with van der Waals surface area (Å²) >= 11 is 0. The van der Waals surface area contributed by atoms with Gasteiger partial charge in [-0.15, -0.1) is 0 Å². The van der Waals surface area contributed by atoms with Crippen LogP contribution < -0.4 is 10.1 Å². The van der Waals surface area contributed by atoms with Gasteiger partial charge in [-0.3, -0.25) is 0 Å². The first-order valence-electron chi connectivity index (χ1n) is 7.02. The first kappa shape index (κ1) is 15.0. The Morgan fingerprint density at radius 3 is 2.39 bits per heavy atom. The molecule has 18 heavy (non-hydrogen) atoms. The molecule has 1 rings (SSSR count). The van der Waals surface area contributed by atoms with Crippen molar-refractivity contribution >= 4 is 0 Å². The van der Waals surface area contributed by atoms with Crippen molar-refractivity contribution in [1.29, 1.82) is 0 Å². The lowest BCUT2D eigenvalue weighted by molar-refractivity contribution is 0.265. The molecule has 0 radical (unpaired) electrons. The van der Waals surface area contributed by atoms with E-state index >= 15 is 0 Å². The molecule has 2 heteroatoms. The highest BCUT2D eigenvalue weighted by atomic mass is 16.5. The molecule has 1 N–H and O–H groups in total. The van der Waals surface area contributed by atoms with Gasteiger partial charge < -0.3 is 10.1 Å². The van der Waals surface area contributed by atoms with Gasteiger partial charge in [-0.25, -0.2) is 0 Å². The minimum atomic E-state index is 0.323. The molecule has 1 aromatic rings. The number of nitrogens with one attached hydrogen (secondary N) is 1. The minimum absolute atomic E-state index is 0.323. The number of benzene rings is 1. The van der Waals surface area contributed by atoms with Crippen LogP contribution in [0, 0.1) is 5.92 Å². The van der Waals surface area contributed by atoms with E-state index in [1.54, 1.807) is 0 Å². The van der Waals surface area contributed by atoms with Gasteiger partial charge in [0.2, 0.25) is 0 Å². The van der Waals surface area contributed by atoms with Gasteiger partial charge >= 0.3 is 0 Å². The van der Waals surface area contributed by atoms with Crippen LogP contribution in [0.5, 0.6) is 5.75 Å². The lowest BCUT2D eigenvalue weighted by Crippen LogP contribution is -2.28. The van der Waals surface area contributed by atoms with E-state index < -0.39 is 0 Å². The Hall–Kier alpha value is -1.02. The Morgan fingerprint density at radius 2 is 1.78 bits per heavy atom.